The molecule has 0 saturated heterocycles. The third-order valence-electron chi connectivity index (χ3n) is 2.70. The molecular weight excluding hydrogens is 260 g/mol. The van der Waals surface area contributed by atoms with Crippen LogP contribution >= 0.6 is 0 Å². The molecule has 0 aliphatic carbocycles. The van der Waals surface area contributed by atoms with Crippen LogP contribution in [0.2, 0.25) is 0 Å². The summed E-state index contributed by atoms with van der Waals surface area (Å²) in [4.78, 5) is 23.1. The second kappa shape index (κ2) is 6.56. The van der Waals surface area contributed by atoms with Gasteiger partial charge in [0.05, 0.1) is 19.8 Å². The molecule has 0 radical (unpaired) electrons. The summed E-state index contributed by atoms with van der Waals surface area (Å²) in [5, 5.41) is 0. The van der Waals surface area contributed by atoms with Crippen molar-refractivity contribution in [3.63, 3.8) is 0 Å². The van der Waals surface area contributed by atoms with Gasteiger partial charge in [0.15, 0.2) is 0 Å². The molecule has 0 atom stereocenters. The summed E-state index contributed by atoms with van der Waals surface area (Å²) in [5.74, 6) is -0.905. The first kappa shape index (κ1) is 13.9. The minimum absolute atomic E-state index is 0.0212. The topological polar surface area (TPSA) is 65.7 Å². The SMILES string of the molecule is COC(=O)c1occc1COC(=O)Cc1ccccc1. The van der Waals surface area contributed by atoms with Crippen molar-refractivity contribution in [3.8, 4) is 0 Å². The zero-order valence-corrected chi connectivity index (χ0v) is 11.0. The van der Waals surface area contributed by atoms with Crippen LogP contribution in [0, 0.1) is 0 Å². The van der Waals surface area contributed by atoms with Crippen molar-refractivity contribution in [2.75, 3.05) is 7.11 Å². The van der Waals surface area contributed by atoms with Crippen LogP contribution in [0.25, 0.3) is 0 Å². The fourth-order valence-electron chi connectivity index (χ4n) is 1.69. The first-order valence-electron chi connectivity index (χ1n) is 6.05. The van der Waals surface area contributed by atoms with E-state index in [0.717, 1.165) is 5.56 Å². The molecule has 0 aliphatic rings. The quantitative estimate of drug-likeness (QED) is 0.783. The number of hydrogen-bond donors (Lipinski definition) is 0. The summed E-state index contributed by atoms with van der Waals surface area (Å²) in [6.07, 6.45) is 1.54. The second-order valence-electron chi connectivity index (χ2n) is 4.09. The van der Waals surface area contributed by atoms with E-state index in [-0.39, 0.29) is 24.8 Å². The van der Waals surface area contributed by atoms with E-state index in [1.54, 1.807) is 6.07 Å². The molecule has 0 unspecified atom stereocenters. The van der Waals surface area contributed by atoms with E-state index in [1.807, 2.05) is 30.3 Å². The van der Waals surface area contributed by atoms with Gasteiger partial charge >= 0.3 is 11.9 Å². The summed E-state index contributed by atoms with van der Waals surface area (Å²) in [6.45, 7) is -0.0212. The van der Waals surface area contributed by atoms with E-state index in [4.69, 9.17) is 9.15 Å². The predicted molar refractivity (Wildman–Crippen MR) is 70.0 cm³/mol. The average molecular weight is 274 g/mol. The van der Waals surface area contributed by atoms with Crippen LogP contribution in [-0.4, -0.2) is 19.0 Å². The molecule has 5 nitrogen and oxygen atoms in total. The Kier molecular flexibility index (Phi) is 4.55. The largest absolute Gasteiger partial charge is 0.463 e. The lowest BCUT2D eigenvalue weighted by molar-refractivity contribution is -0.144. The Morgan fingerprint density at radius 3 is 2.60 bits per heavy atom. The molecule has 1 heterocycles. The Hall–Kier alpha value is -2.56. The zero-order valence-electron chi connectivity index (χ0n) is 11.0. The first-order chi connectivity index (χ1) is 9.70. The van der Waals surface area contributed by atoms with E-state index < -0.39 is 5.97 Å². The van der Waals surface area contributed by atoms with Crippen LogP contribution in [0.5, 0.6) is 0 Å². The molecule has 0 N–H and O–H groups in total. The number of hydrogen-bond acceptors (Lipinski definition) is 5. The molecule has 0 saturated carbocycles. The van der Waals surface area contributed by atoms with Crippen LogP contribution in [0.4, 0.5) is 0 Å². The Bertz CT molecular complexity index is 585. The molecule has 0 amide bonds. The van der Waals surface area contributed by atoms with Crippen molar-refractivity contribution in [2.24, 2.45) is 0 Å². The van der Waals surface area contributed by atoms with Gasteiger partial charge in [-0.1, -0.05) is 30.3 Å². The third kappa shape index (κ3) is 3.47. The summed E-state index contributed by atoms with van der Waals surface area (Å²) in [7, 11) is 1.26. The fourth-order valence-corrected chi connectivity index (χ4v) is 1.69. The molecule has 0 spiro atoms. The highest BCUT2D eigenvalue weighted by atomic mass is 16.5. The normalized spacial score (nSPS) is 10.1. The highest BCUT2D eigenvalue weighted by molar-refractivity contribution is 5.87. The van der Waals surface area contributed by atoms with Gasteiger partial charge in [-0.3, -0.25) is 4.79 Å². The number of carbonyl (C=O) groups excluding carboxylic acids is 2. The number of carbonyl (C=O) groups is 2. The van der Waals surface area contributed by atoms with Crippen molar-refractivity contribution < 1.29 is 23.5 Å². The van der Waals surface area contributed by atoms with Gasteiger partial charge in [-0.25, -0.2) is 4.79 Å². The average Bonchev–Trinajstić information content (AvgIpc) is 2.94. The third-order valence-corrected chi connectivity index (χ3v) is 2.70. The van der Waals surface area contributed by atoms with Gasteiger partial charge in [0.1, 0.15) is 6.61 Å². The Morgan fingerprint density at radius 2 is 1.90 bits per heavy atom. The van der Waals surface area contributed by atoms with Crippen LogP contribution < -0.4 is 0 Å². The maximum atomic E-state index is 11.7. The van der Waals surface area contributed by atoms with Gasteiger partial charge in [-0.2, -0.15) is 0 Å². The van der Waals surface area contributed by atoms with Crippen molar-refractivity contribution in [3.05, 3.63) is 59.5 Å². The van der Waals surface area contributed by atoms with E-state index in [9.17, 15) is 9.59 Å². The number of esters is 2. The highest BCUT2D eigenvalue weighted by Gasteiger charge is 2.17. The van der Waals surface area contributed by atoms with E-state index in [2.05, 4.69) is 4.74 Å². The first-order valence-corrected chi connectivity index (χ1v) is 6.05. The van der Waals surface area contributed by atoms with E-state index in [1.165, 1.54) is 13.4 Å². The minimum atomic E-state index is -0.593. The Morgan fingerprint density at radius 1 is 1.15 bits per heavy atom. The van der Waals surface area contributed by atoms with Crippen molar-refractivity contribution in [1.29, 1.82) is 0 Å². The van der Waals surface area contributed by atoms with Gasteiger partial charge in [0, 0.05) is 5.56 Å². The van der Waals surface area contributed by atoms with Gasteiger partial charge in [0.25, 0.3) is 0 Å². The van der Waals surface area contributed by atoms with Crippen LogP contribution in [0.1, 0.15) is 21.7 Å². The Labute approximate surface area is 116 Å². The van der Waals surface area contributed by atoms with Crippen molar-refractivity contribution in [1.82, 2.24) is 0 Å². The molecule has 2 aromatic rings. The molecule has 5 heteroatoms. The number of benzene rings is 1. The highest BCUT2D eigenvalue weighted by Crippen LogP contribution is 2.13. The van der Waals surface area contributed by atoms with Gasteiger partial charge in [-0.05, 0) is 11.6 Å². The molecule has 0 fully saturated rings. The summed E-state index contributed by atoms with van der Waals surface area (Å²) in [6, 6.07) is 10.9. The molecule has 104 valence electrons. The minimum Gasteiger partial charge on any atom is -0.463 e. The smallest absolute Gasteiger partial charge is 0.374 e. The lowest BCUT2D eigenvalue weighted by atomic mass is 10.1. The van der Waals surface area contributed by atoms with E-state index >= 15 is 0 Å². The summed E-state index contributed by atoms with van der Waals surface area (Å²) < 4.78 is 14.7. The van der Waals surface area contributed by atoms with Gasteiger partial charge in [0.2, 0.25) is 5.76 Å². The van der Waals surface area contributed by atoms with Gasteiger partial charge < -0.3 is 13.9 Å². The lowest BCUT2D eigenvalue weighted by Crippen LogP contribution is -2.10. The zero-order chi connectivity index (χ0) is 14.4. The predicted octanol–water partition coefficient (Wildman–Crippen LogP) is 2.35. The molecule has 1 aromatic heterocycles. The molecule has 2 rings (SSSR count). The molecule has 1 aromatic carbocycles. The molecule has 0 bridgehead atoms. The molecule has 20 heavy (non-hydrogen) atoms. The Balaban J connectivity index is 1.91. The maximum Gasteiger partial charge on any atom is 0.374 e. The lowest BCUT2D eigenvalue weighted by Gasteiger charge is -2.04. The van der Waals surface area contributed by atoms with Gasteiger partial charge in [-0.15, -0.1) is 0 Å². The van der Waals surface area contributed by atoms with Crippen LogP contribution in [0.3, 0.4) is 0 Å². The summed E-state index contributed by atoms with van der Waals surface area (Å²) in [5.41, 5.74) is 1.36. The maximum absolute atomic E-state index is 11.7. The monoisotopic (exact) mass is 274 g/mol. The number of methoxy groups -OCH3 is 1. The van der Waals surface area contributed by atoms with Crippen molar-refractivity contribution in [2.45, 2.75) is 13.0 Å². The van der Waals surface area contributed by atoms with Crippen LogP contribution in [0.15, 0.2) is 47.1 Å². The second-order valence-corrected chi connectivity index (χ2v) is 4.09. The number of ether oxygens (including phenoxy) is 2. The number of furan rings is 1. The van der Waals surface area contributed by atoms with Crippen LogP contribution in [-0.2, 0) is 27.3 Å². The van der Waals surface area contributed by atoms with E-state index in [0.29, 0.717) is 5.56 Å². The standard InChI is InChI=1S/C15H14O5/c1-18-15(17)14-12(7-8-19-14)10-20-13(16)9-11-5-3-2-4-6-11/h2-8H,9-10H2,1H3. The fraction of sp³-hybridized carbons (Fsp3) is 0.200. The molecule has 0 aliphatic heterocycles. The van der Waals surface area contributed by atoms with Crippen molar-refractivity contribution >= 4 is 11.9 Å². The number of rotatable bonds is 5. The molecular formula is C15H14O5. The summed E-state index contributed by atoms with van der Waals surface area (Å²) >= 11 is 0.